The summed E-state index contributed by atoms with van der Waals surface area (Å²) in [4.78, 5) is 0. The fraction of sp³-hybridized carbons (Fsp3) is 0.300. The fourth-order valence-electron chi connectivity index (χ4n) is 0.990. The lowest BCUT2D eigenvalue weighted by Crippen LogP contribution is -2.21. The van der Waals surface area contributed by atoms with Crippen molar-refractivity contribution in [2.75, 3.05) is 19.1 Å². The Labute approximate surface area is 86.1 Å². The minimum absolute atomic E-state index is 0.134. The molecule has 1 aromatic carbocycles. The molecule has 0 radical (unpaired) electrons. The summed E-state index contributed by atoms with van der Waals surface area (Å²) < 4.78 is 29.3. The van der Waals surface area contributed by atoms with Crippen LogP contribution in [0.3, 0.4) is 0 Å². The molecule has 1 aromatic rings. The van der Waals surface area contributed by atoms with E-state index in [1.165, 1.54) is 18.2 Å². The van der Waals surface area contributed by atoms with Crippen molar-refractivity contribution in [2.45, 2.75) is 6.10 Å². The number of halogens is 2. The zero-order chi connectivity index (χ0) is 11.3. The summed E-state index contributed by atoms with van der Waals surface area (Å²) in [5.41, 5.74) is 6.10. The van der Waals surface area contributed by atoms with E-state index in [2.05, 4.69) is 0 Å². The number of hydrogen-bond acceptors (Lipinski definition) is 3. The van der Waals surface area contributed by atoms with Gasteiger partial charge in [0, 0.05) is 6.07 Å². The lowest BCUT2D eigenvalue weighted by Gasteiger charge is -2.14. The molecular formula is C10H10F2N2O. The summed E-state index contributed by atoms with van der Waals surface area (Å²) in [6, 6.07) is 6.20. The van der Waals surface area contributed by atoms with E-state index in [0.29, 0.717) is 5.56 Å². The Morgan fingerprint density at radius 3 is 2.60 bits per heavy atom. The average molecular weight is 212 g/mol. The van der Waals surface area contributed by atoms with Crippen molar-refractivity contribution in [3.63, 3.8) is 0 Å². The summed E-state index contributed by atoms with van der Waals surface area (Å²) in [5, 5.41) is 8.61. The largest absolute Gasteiger partial charge is 0.483 e. The van der Waals surface area contributed by atoms with Crippen molar-refractivity contribution < 1.29 is 13.5 Å². The van der Waals surface area contributed by atoms with Crippen molar-refractivity contribution in [2.24, 2.45) is 0 Å². The van der Waals surface area contributed by atoms with Crippen LogP contribution in [0, 0.1) is 11.3 Å². The Hall–Kier alpha value is -1.83. The first-order valence-corrected chi connectivity index (χ1v) is 4.29. The second-order valence-corrected chi connectivity index (χ2v) is 2.91. The van der Waals surface area contributed by atoms with Gasteiger partial charge in [-0.1, -0.05) is 0 Å². The molecule has 80 valence electrons. The molecule has 5 heteroatoms. The molecule has 0 aromatic heterocycles. The summed E-state index contributed by atoms with van der Waals surface area (Å²) in [6.45, 7) is -1.88. The van der Waals surface area contributed by atoms with Gasteiger partial charge in [0.05, 0.1) is 17.3 Å². The minimum Gasteiger partial charge on any atom is -0.483 e. The standard InChI is InChI=1S/C10H10F2N2O/c11-4-8(5-12)15-10-3-7(6-13)1-2-9(10)14/h1-3,8H,4-5,14H2. The number of nitriles is 1. The molecule has 0 atom stereocenters. The number of ether oxygens (including phenoxy) is 1. The van der Waals surface area contributed by atoms with Crippen LogP contribution in [0.4, 0.5) is 14.5 Å². The minimum atomic E-state index is -1.17. The first-order chi connectivity index (χ1) is 7.21. The molecular weight excluding hydrogens is 202 g/mol. The summed E-state index contributed by atoms with van der Waals surface area (Å²) in [5.74, 6) is 0.134. The molecule has 0 saturated carbocycles. The van der Waals surface area contributed by atoms with Crippen LogP contribution < -0.4 is 10.5 Å². The number of nitrogens with zero attached hydrogens (tertiary/aromatic N) is 1. The van der Waals surface area contributed by atoms with E-state index in [1.54, 1.807) is 0 Å². The van der Waals surface area contributed by atoms with E-state index in [0.717, 1.165) is 0 Å². The quantitative estimate of drug-likeness (QED) is 0.774. The van der Waals surface area contributed by atoms with Crippen LogP contribution in [0.2, 0.25) is 0 Å². The number of benzene rings is 1. The predicted molar refractivity (Wildman–Crippen MR) is 51.9 cm³/mol. The van der Waals surface area contributed by atoms with Gasteiger partial charge >= 0.3 is 0 Å². The molecule has 2 N–H and O–H groups in total. The molecule has 15 heavy (non-hydrogen) atoms. The highest BCUT2D eigenvalue weighted by Crippen LogP contribution is 2.23. The van der Waals surface area contributed by atoms with Crippen molar-refractivity contribution in [1.82, 2.24) is 0 Å². The molecule has 0 aliphatic rings. The molecule has 0 fully saturated rings. The van der Waals surface area contributed by atoms with Gasteiger partial charge < -0.3 is 10.5 Å². The van der Waals surface area contributed by atoms with E-state index < -0.39 is 19.5 Å². The average Bonchev–Trinajstić information content (AvgIpc) is 2.28. The van der Waals surface area contributed by atoms with Gasteiger partial charge in [-0.2, -0.15) is 5.26 Å². The first-order valence-electron chi connectivity index (χ1n) is 4.29. The van der Waals surface area contributed by atoms with Crippen LogP contribution in [0.25, 0.3) is 0 Å². The van der Waals surface area contributed by atoms with Crippen LogP contribution in [0.15, 0.2) is 18.2 Å². The normalized spacial score (nSPS) is 10.0. The third-order valence-corrected chi connectivity index (χ3v) is 1.78. The Balaban J connectivity index is 2.88. The third kappa shape index (κ3) is 2.81. The highest BCUT2D eigenvalue weighted by molar-refractivity contribution is 5.56. The van der Waals surface area contributed by atoms with Crippen LogP contribution >= 0.6 is 0 Å². The van der Waals surface area contributed by atoms with Crippen LogP contribution in [-0.2, 0) is 0 Å². The smallest absolute Gasteiger partial charge is 0.155 e. The maximum Gasteiger partial charge on any atom is 0.155 e. The SMILES string of the molecule is N#Cc1ccc(N)c(OC(CF)CF)c1. The number of rotatable bonds is 4. The molecule has 0 aliphatic heterocycles. The van der Waals surface area contributed by atoms with Gasteiger partial charge in [0.1, 0.15) is 19.1 Å². The number of hydrogen-bond donors (Lipinski definition) is 1. The van der Waals surface area contributed by atoms with Crippen LogP contribution in [-0.4, -0.2) is 19.5 Å². The Bertz CT molecular complexity index is 372. The molecule has 3 nitrogen and oxygen atoms in total. The van der Waals surface area contributed by atoms with E-state index >= 15 is 0 Å². The van der Waals surface area contributed by atoms with Crippen LogP contribution in [0.5, 0.6) is 5.75 Å². The van der Waals surface area contributed by atoms with E-state index in [-0.39, 0.29) is 11.4 Å². The maximum absolute atomic E-state index is 12.2. The van der Waals surface area contributed by atoms with Gasteiger partial charge in [0.25, 0.3) is 0 Å². The summed E-state index contributed by atoms with van der Waals surface area (Å²) >= 11 is 0. The first kappa shape index (κ1) is 11.2. The van der Waals surface area contributed by atoms with Crippen molar-refractivity contribution in [3.8, 4) is 11.8 Å². The monoisotopic (exact) mass is 212 g/mol. The summed E-state index contributed by atoms with van der Waals surface area (Å²) in [6.07, 6.45) is -1.17. The Morgan fingerprint density at radius 2 is 2.07 bits per heavy atom. The molecule has 0 amide bonds. The van der Waals surface area contributed by atoms with Crippen molar-refractivity contribution in [1.29, 1.82) is 5.26 Å². The zero-order valence-electron chi connectivity index (χ0n) is 7.91. The van der Waals surface area contributed by atoms with Crippen molar-refractivity contribution >= 4 is 5.69 Å². The Morgan fingerprint density at radius 1 is 1.40 bits per heavy atom. The van der Waals surface area contributed by atoms with Gasteiger partial charge in [0.2, 0.25) is 0 Å². The second-order valence-electron chi connectivity index (χ2n) is 2.91. The highest BCUT2D eigenvalue weighted by Gasteiger charge is 2.12. The highest BCUT2D eigenvalue weighted by atomic mass is 19.1. The number of anilines is 1. The van der Waals surface area contributed by atoms with E-state index in [1.807, 2.05) is 6.07 Å². The van der Waals surface area contributed by atoms with Crippen LogP contribution in [0.1, 0.15) is 5.56 Å². The topological polar surface area (TPSA) is 59.0 Å². The lowest BCUT2D eigenvalue weighted by molar-refractivity contribution is 0.134. The molecule has 0 unspecified atom stereocenters. The molecule has 0 spiro atoms. The molecule has 1 rings (SSSR count). The van der Waals surface area contributed by atoms with Gasteiger partial charge in [-0.3, -0.25) is 0 Å². The van der Waals surface area contributed by atoms with Crippen molar-refractivity contribution in [3.05, 3.63) is 23.8 Å². The maximum atomic E-state index is 12.2. The van der Waals surface area contributed by atoms with Gasteiger partial charge in [0.15, 0.2) is 6.10 Å². The predicted octanol–water partition coefficient (Wildman–Crippen LogP) is 1.83. The molecule has 0 aliphatic carbocycles. The molecule has 0 saturated heterocycles. The summed E-state index contributed by atoms with van der Waals surface area (Å²) in [7, 11) is 0. The number of nitrogens with two attached hydrogens (primary N) is 1. The van der Waals surface area contributed by atoms with E-state index in [4.69, 9.17) is 15.7 Å². The Kier molecular flexibility index (Phi) is 3.86. The number of nitrogen functional groups attached to an aromatic ring is 1. The zero-order valence-corrected chi connectivity index (χ0v) is 7.91. The molecule has 0 heterocycles. The van der Waals surface area contributed by atoms with Gasteiger partial charge in [-0.15, -0.1) is 0 Å². The van der Waals surface area contributed by atoms with E-state index in [9.17, 15) is 8.78 Å². The third-order valence-electron chi connectivity index (χ3n) is 1.78. The second kappa shape index (κ2) is 5.15. The van der Waals surface area contributed by atoms with Gasteiger partial charge in [-0.05, 0) is 12.1 Å². The number of alkyl halides is 2. The van der Waals surface area contributed by atoms with Gasteiger partial charge in [-0.25, -0.2) is 8.78 Å². The fourth-order valence-corrected chi connectivity index (χ4v) is 0.990. The lowest BCUT2D eigenvalue weighted by atomic mass is 10.2. The molecule has 0 bridgehead atoms.